The maximum Gasteiger partial charge on any atom is 0.238 e. The molecule has 4 nitrogen and oxygen atoms in total. The zero-order valence-electron chi connectivity index (χ0n) is 11.3. The van der Waals surface area contributed by atoms with E-state index >= 15 is 0 Å². The Labute approximate surface area is 122 Å². The second-order valence-corrected chi connectivity index (χ2v) is 6.69. The van der Waals surface area contributed by atoms with E-state index in [4.69, 9.17) is 0 Å². The SMILES string of the molecule is O=C1[C@@H]2[C@@H]3C=C[C@H]([C@H]4C[C@H]34)[C@@H]2C(=O)N1c1cccc(O)c1. The maximum absolute atomic E-state index is 12.8. The first-order valence-corrected chi connectivity index (χ1v) is 7.52. The number of benzene rings is 1. The molecule has 4 heteroatoms. The van der Waals surface area contributed by atoms with Crippen LogP contribution in [0, 0.1) is 35.5 Å². The van der Waals surface area contributed by atoms with Gasteiger partial charge in [0.1, 0.15) is 5.75 Å². The van der Waals surface area contributed by atoms with E-state index in [1.807, 2.05) is 0 Å². The molecule has 106 valence electrons. The second kappa shape index (κ2) is 3.56. The number of phenolic OH excluding ortho intramolecular Hbond substituents is 1. The van der Waals surface area contributed by atoms with Gasteiger partial charge in [-0.1, -0.05) is 18.2 Å². The quantitative estimate of drug-likeness (QED) is 0.632. The molecule has 3 fully saturated rings. The van der Waals surface area contributed by atoms with E-state index in [2.05, 4.69) is 12.2 Å². The number of nitrogens with zero attached hydrogens (tertiary/aromatic N) is 1. The Balaban J connectivity index is 1.60. The van der Waals surface area contributed by atoms with Gasteiger partial charge in [0, 0.05) is 6.07 Å². The first-order valence-electron chi connectivity index (χ1n) is 7.52. The lowest BCUT2D eigenvalue weighted by atomic mass is 9.63. The van der Waals surface area contributed by atoms with Crippen LogP contribution in [-0.4, -0.2) is 16.9 Å². The van der Waals surface area contributed by atoms with Gasteiger partial charge in [-0.05, 0) is 42.2 Å². The maximum atomic E-state index is 12.8. The minimum Gasteiger partial charge on any atom is -0.508 e. The number of rotatable bonds is 1. The van der Waals surface area contributed by atoms with Gasteiger partial charge in [0.25, 0.3) is 0 Å². The number of allylic oxidation sites excluding steroid dienone is 2. The van der Waals surface area contributed by atoms with Gasteiger partial charge in [-0.15, -0.1) is 0 Å². The highest BCUT2D eigenvalue weighted by molar-refractivity contribution is 6.22. The summed E-state index contributed by atoms with van der Waals surface area (Å²) in [4.78, 5) is 26.9. The second-order valence-electron chi connectivity index (χ2n) is 6.69. The lowest BCUT2D eigenvalue weighted by Gasteiger charge is -2.37. The summed E-state index contributed by atoms with van der Waals surface area (Å²) < 4.78 is 0. The molecule has 0 radical (unpaired) electrons. The number of carbonyl (C=O) groups is 2. The third-order valence-corrected chi connectivity index (χ3v) is 5.75. The van der Waals surface area contributed by atoms with Crippen LogP contribution in [0.15, 0.2) is 36.4 Å². The molecule has 2 amide bonds. The molecule has 21 heavy (non-hydrogen) atoms. The zero-order chi connectivity index (χ0) is 14.3. The van der Waals surface area contributed by atoms with Gasteiger partial charge >= 0.3 is 0 Å². The van der Waals surface area contributed by atoms with Gasteiger partial charge in [0.15, 0.2) is 0 Å². The molecule has 6 rings (SSSR count). The van der Waals surface area contributed by atoms with Crippen LogP contribution in [-0.2, 0) is 9.59 Å². The van der Waals surface area contributed by atoms with Gasteiger partial charge in [-0.3, -0.25) is 9.59 Å². The van der Waals surface area contributed by atoms with Crippen LogP contribution in [0.1, 0.15) is 6.42 Å². The molecule has 1 aromatic carbocycles. The fraction of sp³-hybridized carbons (Fsp3) is 0.412. The summed E-state index contributed by atoms with van der Waals surface area (Å²) in [6, 6.07) is 6.41. The molecule has 0 spiro atoms. The molecule has 1 aromatic rings. The predicted octanol–water partition coefficient (Wildman–Crippen LogP) is 1.95. The lowest BCUT2D eigenvalue weighted by Crippen LogP contribution is -2.40. The summed E-state index contributed by atoms with van der Waals surface area (Å²) in [5.41, 5.74) is 0.493. The van der Waals surface area contributed by atoms with Crippen LogP contribution >= 0.6 is 0 Å². The summed E-state index contributed by atoms with van der Waals surface area (Å²) in [7, 11) is 0. The minimum absolute atomic E-state index is 0.0758. The first kappa shape index (κ1) is 11.5. The molecule has 1 N–H and O–H groups in total. The summed E-state index contributed by atoms with van der Waals surface area (Å²) >= 11 is 0. The van der Waals surface area contributed by atoms with Crippen LogP contribution in [0.4, 0.5) is 5.69 Å². The first-order chi connectivity index (χ1) is 10.2. The Bertz CT molecular complexity index is 674. The number of amides is 2. The summed E-state index contributed by atoms with van der Waals surface area (Å²) in [5, 5.41) is 9.61. The summed E-state index contributed by atoms with van der Waals surface area (Å²) in [5.74, 6) is 1.25. The third-order valence-electron chi connectivity index (χ3n) is 5.75. The van der Waals surface area contributed by atoms with E-state index < -0.39 is 0 Å². The highest BCUT2D eigenvalue weighted by Gasteiger charge is 2.67. The normalized spacial score (nSPS) is 42.2. The van der Waals surface area contributed by atoms with Crippen LogP contribution in [0.2, 0.25) is 0 Å². The highest BCUT2D eigenvalue weighted by Crippen LogP contribution is 2.65. The van der Waals surface area contributed by atoms with Gasteiger partial charge in [0.2, 0.25) is 11.8 Å². The number of carbonyl (C=O) groups excluding carboxylic acids is 2. The molecule has 5 aliphatic rings. The molecule has 6 atom stereocenters. The average Bonchev–Trinajstić information content (AvgIpc) is 3.24. The Morgan fingerprint density at radius 3 is 2.19 bits per heavy atom. The standard InChI is InChI=1S/C17H15NO3/c19-9-3-1-2-8(6-9)18-16(20)14-10-4-5-11(13-7-12(10)13)15(14)17(18)21/h1-6,10-15,19H,7H2/t10-,11-,12-,13-,14-,15+/m1/s1. The number of hydrogen-bond donors (Lipinski definition) is 1. The van der Waals surface area contributed by atoms with Crippen molar-refractivity contribution in [3.05, 3.63) is 36.4 Å². The van der Waals surface area contributed by atoms with E-state index in [1.165, 1.54) is 17.4 Å². The van der Waals surface area contributed by atoms with Crippen molar-refractivity contribution in [3.63, 3.8) is 0 Å². The van der Waals surface area contributed by atoms with Crippen molar-refractivity contribution in [2.24, 2.45) is 35.5 Å². The molecule has 0 unspecified atom stereocenters. The number of hydrogen-bond acceptors (Lipinski definition) is 3. The van der Waals surface area contributed by atoms with Crippen LogP contribution < -0.4 is 4.90 Å². The minimum atomic E-state index is -0.182. The van der Waals surface area contributed by atoms with Crippen LogP contribution in [0.5, 0.6) is 5.75 Å². The van der Waals surface area contributed by atoms with Gasteiger partial charge in [0.05, 0.1) is 17.5 Å². The molecule has 1 aliphatic heterocycles. The number of phenols is 1. The topological polar surface area (TPSA) is 57.6 Å². The summed E-state index contributed by atoms with van der Waals surface area (Å²) in [6.45, 7) is 0. The molecule has 2 saturated carbocycles. The fourth-order valence-electron chi connectivity index (χ4n) is 4.84. The number of anilines is 1. The van der Waals surface area contributed by atoms with E-state index in [9.17, 15) is 14.7 Å². The van der Waals surface area contributed by atoms with Crippen molar-refractivity contribution in [2.75, 3.05) is 4.90 Å². The van der Waals surface area contributed by atoms with Crippen molar-refractivity contribution < 1.29 is 14.7 Å². The van der Waals surface area contributed by atoms with Crippen LogP contribution in [0.3, 0.4) is 0 Å². The molecule has 1 saturated heterocycles. The van der Waals surface area contributed by atoms with Gasteiger partial charge in [-0.25, -0.2) is 4.90 Å². The van der Waals surface area contributed by atoms with Crippen molar-refractivity contribution in [1.82, 2.24) is 0 Å². The predicted molar refractivity (Wildman–Crippen MR) is 75.3 cm³/mol. The van der Waals surface area contributed by atoms with Gasteiger partial charge in [-0.2, -0.15) is 0 Å². The number of aromatic hydroxyl groups is 1. The van der Waals surface area contributed by atoms with Crippen molar-refractivity contribution >= 4 is 17.5 Å². The molecular weight excluding hydrogens is 266 g/mol. The van der Waals surface area contributed by atoms with Crippen molar-refractivity contribution in [2.45, 2.75) is 6.42 Å². The molecular formula is C17H15NO3. The monoisotopic (exact) mass is 281 g/mol. The molecule has 2 bridgehead atoms. The Morgan fingerprint density at radius 1 is 1.00 bits per heavy atom. The van der Waals surface area contributed by atoms with Crippen molar-refractivity contribution in [3.8, 4) is 5.75 Å². The van der Waals surface area contributed by atoms with Gasteiger partial charge < -0.3 is 5.11 Å². The Morgan fingerprint density at radius 2 is 1.62 bits per heavy atom. The largest absolute Gasteiger partial charge is 0.508 e. The zero-order valence-corrected chi connectivity index (χ0v) is 11.3. The van der Waals surface area contributed by atoms with E-state index in [-0.39, 0.29) is 41.2 Å². The average molecular weight is 281 g/mol. The van der Waals surface area contributed by atoms with E-state index in [1.54, 1.807) is 18.2 Å². The van der Waals surface area contributed by atoms with E-state index in [0.29, 0.717) is 17.5 Å². The van der Waals surface area contributed by atoms with E-state index in [0.717, 1.165) is 0 Å². The smallest absolute Gasteiger partial charge is 0.238 e. The van der Waals surface area contributed by atoms with Crippen LogP contribution in [0.25, 0.3) is 0 Å². The third kappa shape index (κ3) is 1.30. The fourth-order valence-corrected chi connectivity index (χ4v) is 4.84. The Kier molecular flexibility index (Phi) is 1.96. The molecule has 4 aliphatic carbocycles. The summed E-state index contributed by atoms with van der Waals surface area (Å²) in [6.07, 6.45) is 5.50. The Hall–Kier alpha value is -2.10. The molecule has 1 heterocycles. The molecule has 0 aromatic heterocycles. The lowest BCUT2D eigenvalue weighted by molar-refractivity contribution is -0.124. The highest BCUT2D eigenvalue weighted by atomic mass is 16.3. The number of imide groups is 1. The van der Waals surface area contributed by atoms with Crippen molar-refractivity contribution in [1.29, 1.82) is 0 Å².